The molecule has 0 saturated heterocycles. The van der Waals surface area contributed by atoms with E-state index in [9.17, 15) is 4.79 Å². The first-order valence-electron chi connectivity index (χ1n) is 7.32. The van der Waals surface area contributed by atoms with Crippen LogP contribution in [0.3, 0.4) is 0 Å². The van der Waals surface area contributed by atoms with Gasteiger partial charge in [0.15, 0.2) is 8.32 Å². The fourth-order valence-corrected chi connectivity index (χ4v) is 2.83. The van der Waals surface area contributed by atoms with Gasteiger partial charge in [-0.2, -0.15) is 0 Å². The number of amides is 1. The number of ether oxygens (including phenoxy) is 1. The van der Waals surface area contributed by atoms with Gasteiger partial charge in [0.1, 0.15) is 12.7 Å². The molecule has 0 spiro atoms. The number of primary amides is 1. The summed E-state index contributed by atoms with van der Waals surface area (Å²) in [6.45, 7) is 11.1. The molecule has 1 rings (SSSR count). The second kappa shape index (κ2) is 7.59. The van der Waals surface area contributed by atoms with Crippen molar-refractivity contribution < 1.29 is 14.0 Å². The molecule has 0 fully saturated rings. The third-order valence-corrected chi connectivity index (χ3v) is 8.78. The predicted octanol–water partition coefficient (Wildman–Crippen LogP) is 3.90. The summed E-state index contributed by atoms with van der Waals surface area (Å²) < 4.78 is 11.8. The molecule has 2 N–H and O–H groups in total. The molecule has 0 radical (unpaired) electrons. The summed E-state index contributed by atoms with van der Waals surface area (Å²) in [5.41, 5.74) is 6.06. The monoisotopic (exact) mass is 343 g/mol. The molecule has 0 aliphatic heterocycles. The molecule has 0 heterocycles. The van der Waals surface area contributed by atoms with Crippen molar-refractivity contribution in [2.45, 2.75) is 45.0 Å². The average molecular weight is 344 g/mol. The van der Waals surface area contributed by atoms with E-state index in [4.69, 9.17) is 26.5 Å². The predicted molar refractivity (Wildman–Crippen MR) is 92.5 cm³/mol. The molecule has 4 nitrogen and oxygen atoms in total. The van der Waals surface area contributed by atoms with Gasteiger partial charge in [-0.1, -0.05) is 44.5 Å². The summed E-state index contributed by atoms with van der Waals surface area (Å²) >= 11 is 6.03. The van der Waals surface area contributed by atoms with Crippen molar-refractivity contribution in [3.8, 4) is 0 Å². The zero-order valence-corrected chi connectivity index (χ0v) is 15.7. The summed E-state index contributed by atoms with van der Waals surface area (Å²) in [7, 11) is -1.90. The highest BCUT2D eigenvalue weighted by Crippen LogP contribution is 2.37. The van der Waals surface area contributed by atoms with Crippen molar-refractivity contribution in [2.24, 2.45) is 5.73 Å². The van der Waals surface area contributed by atoms with Gasteiger partial charge in [0.25, 0.3) is 0 Å². The molecule has 0 aliphatic rings. The van der Waals surface area contributed by atoms with Crippen LogP contribution in [0.25, 0.3) is 0 Å². The summed E-state index contributed by atoms with van der Waals surface area (Å²) in [4.78, 5) is 11.0. The number of hydrogen-bond donors (Lipinski definition) is 1. The second-order valence-corrected chi connectivity index (χ2v) is 12.1. The fraction of sp³-hybridized carbons (Fsp3) is 0.562. The number of nitrogens with two attached hydrogens (primary N) is 1. The van der Waals surface area contributed by atoms with E-state index < -0.39 is 14.2 Å². The maximum Gasteiger partial charge on any atom is 0.243 e. The molecule has 1 unspecified atom stereocenters. The van der Waals surface area contributed by atoms with Gasteiger partial charge in [-0.3, -0.25) is 4.79 Å². The van der Waals surface area contributed by atoms with Gasteiger partial charge in [0.05, 0.1) is 6.61 Å². The molecule has 1 aromatic carbocycles. The van der Waals surface area contributed by atoms with Crippen molar-refractivity contribution >= 4 is 25.8 Å². The quantitative estimate of drug-likeness (QED) is 0.763. The minimum Gasteiger partial charge on any atom is -0.414 e. The van der Waals surface area contributed by atoms with E-state index in [1.165, 1.54) is 0 Å². The van der Waals surface area contributed by atoms with Crippen LogP contribution in [0.1, 0.15) is 32.4 Å². The number of carbonyl (C=O) groups is 1. The normalized spacial score (nSPS) is 13.9. The topological polar surface area (TPSA) is 61.6 Å². The summed E-state index contributed by atoms with van der Waals surface area (Å²) in [5, 5.41) is 0.729. The fourth-order valence-electron chi connectivity index (χ4n) is 1.63. The Morgan fingerprint density at radius 3 is 2.50 bits per heavy atom. The van der Waals surface area contributed by atoms with Crippen LogP contribution >= 0.6 is 11.6 Å². The van der Waals surface area contributed by atoms with E-state index in [0.29, 0.717) is 11.6 Å². The van der Waals surface area contributed by atoms with Gasteiger partial charge in [0, 0.05) is 5.02 Å². The van der Waals surface area contributed by atoms with E-state index in [2.05, 4.69) is 33.9 Å². The van der Waals surface area contributed by atoms with Crippen LogP contribution in [-0.4, -0.2) is 27.4 Å². The molecule has 22 heavy (non-hydrogen) atoms. The number of halogens is 1. The zero-order chi connectivity index (χ0) is 17.0. The number of rotatable bonds is 7. The SMILES string of the molecule is CC(C)(C)[Si](C)(C)OCC(OCC(N)=O)c1cccc(Cl)c1. The Bertz CT molecular complexity index is 514. The first-order chi connectivity index (χ1) is 10.0. The van der Waals surface area contributed by atoms with Crippen LogP contribution in [0.5, 0.6) is 0 Å². The highest BCUT2D eigenvalue weighted by atomic mass is 35.5. The molecular formula is C16H26ClNO3Si. The highest BCUT2D eigenvalue weighted by molar-refractivity contribution is 6.74. The number of benzene rings is 1. The zero-order valence-electron chi connectivity index (χ0n) is 14.0. The Hall–Kier alpha value is -0.883. The summed E-state index contributed by atoms with van der Waals surface area (Å²) in [5.74, 6) is -0.501. The molecule has 1 amide bonds. The molecule has 0 aromatic heterocycles. The summed E-state index contributed by atoms with van der Waals surface area (Å²) in [6.07, 6.45) is -0.361. The lowest BCUT2D eigenvalue weighted by Gasteiger charge is -2.37. The van der Waals surface area contributed by atoms with Gasteiger partial charge in [-0.15, -0.1) is 0 Å². The third kappa shape index (κ3) is 5.72. The van der Waals surface area contributed by atoms with Gasteiger partial charge in [-0.25, -0.2) is 0 Å². The number of carbonyl (C=O) groups excluding carboxylic acids is 1. The highest BCUT2D eigenvalue weighted by Gasteiger charge is 2.37. The van der Waals surface area contributed by atoms with Gasteiger partial charge >= 0.3 is 0 Å². The molecule has 124 valence electrons. The molecule has 6 heteroatoms. The molecular weight excluding hydrogens is 318 g/mol. The van der Waals surface area contributed by atoms with Crippen LogP contribution in [0.4, 0.5) is 0 Å². The Kier molecular flexibility index (Phi) is 6.61. The molecule has 1 aromatic rings. The lowest BCUT2D eigenvalue weighted by molar-refractivity contribution is -0.125. The average Bonchev–Trinajstić information content (AvgIpc) is 2.37. The molecule has 0 bridgehead atoms. The van der Waals surface area contributed by atoms with Gasteiger partial charge < -0.3 is 14.9 Å². The standard InChI is InChI=1S/C16H26ClNO3Si/c1-16(2,3)22(4,5)21-10-14(20-11-15(18)19)12-7-6-8-13(17)9-12/h6-9,14H,10-11H2,1-5H3,(H2,18,19). The van der Waals surface area contributed by atoms with Crippen molar-refractivity contribution in [3.63, 3.8) is 0 Å². The van der Waals surface area contributed by atoms with Crippen molar-refractivity contribution in [2.75, 3.05) is 13.2 Å². The Balaban J connectivity index is 2.85. The Morgan fingerprint density at radius 2 is 2.00 bits per heavy atom. The van der Waals surface area contributed by atoms with Crippen LogP contribution < -0.4 is 5.73 Å². The Labute approximate surface area is 139 Å². The van der Waals surface area contributed by atoms with E-state index >= 15 is 0 Å². The van der Waals surface area contributed by atoms with Crippen LogP contribution in [0.15, 0.2) is 24.3 Å². The van der Waals surface area contributed by atoms with Gasteiger partial charge in [-0.05, 0) is 35.8 Å². The van der Waals surface area contributed by atoms with Crippen molar-refractivity contribution in [1.29, 1.82) is 0 Å². The number of hydrogen-bond acceptors (Lipinski definition) is 3. The first-order valence-corrected chi connectivity index (χ1v) is 10.6. The smallest absolute Gasteiger partial charge is 0.243 e. The van der Waals surface area contributed by atoms with Crippen molar-refractivity contribution in [1.82, 2.24) is 0 Å². The lowest BCUT2D eigenvalue weighted by atomic mass is 10.1. The van der Waals surface area contributed by atoms with Crippen LogP contribution in [0.2, 0.25) is 23.2 Å². The van der Waals surface area contributed by atoms with Crippen LogP contribution in [-0.2, 0) is 14.0 Å². The van der Waals surface area contributed by atoms with Crippen LogP contribution in [0, 0.1) is 0 Å². The van der Waals surface area contributed by atoms with E-state index in [-0.39, 0.29) is 17.7 Å². The van der Waals surface area contributed by atoms with E-state index in [1.54, 1.807) is 6.07 Å². The maximum atomic E-state index is 11.0. The summed E-state index contributed by atoms with van der Waals surface area (Å²) in [6, 6.07) is 7.38. The van der Waals surface area contributed by atoms with Gasteiger partial charge in [0.2, 0.25) is 5.91 Å². The molecule has 1 atom stereocenters. The van der Waals surface area contributed by atoms with E-state index in [0.717, 1.165) is 5.56 Å². The lowest BCUT2D eigenvalue weighted by Crippen LogP contribution is -2.42. The second-order valence-electron chi connectivity index (χ2n) is 6.89. The minimum absolute atomic E-state index is 0.107. The minimum atomic E-state index is -1.90. The molecule has 0 aliphatic carbocycles. The van der Waals surface area contributed by atoms with E-state index in [1.807, 2.05) is 18.2 Å². The Morgan fingerprint density at radius 1 is 1.36 bits per heavy atom. The first kappa shape index (κ1) is 19.2. The van der Waals surface area contributed by atoms with Crippen molar-refractivity contribution in [3.05, 3.63) is 34.9 Å². The largest absolute Gasteiger partial charge is 0.414 e. The maximum absolute atomic E-state index is 11.0. The third-order valence-electron chi connectivity index (χ3n) is 4.05. The molecule has 0 saturated carbocycles.